The number of hydrazine groups is 1. The second kappa shape index (κ2) is 10.1. The first-order chi connectivity index (χ1) is 14.1. The summed E-state index contributed by atoms with van der Waals surface area (Å²) in [5.74, 6) is 0.340. The van der Waals surface area contributed by atoms with Crippen LogP contribution in [-0.4, -0.2) is 29.2 Å². The highest BCUT2D eigenvalue weighted by atomic mass is 16.5. The number of methoxy groups -OCH3 is 1. The van der Waals surface area contributed by atoms with Crippen LogP contribution in [0.25, 0.3) is 0 Å². The Morgan fingerprint density at radius 3 is 2.30 bits per heavy atom. The molecule has 0 aliphatic heterocycles. The Balaban J connectivity index is 2.45. The molecule has 0 aliphatic rings. The van der Waals surface area contributed by atoms with Crippen LogP contribution in [0.5, 0.6) is 5.75 Å². The van der Waals surface area contributed by atoms with E-state index in [4.69, 9.17) is 4.74 Å². The molecule has 2 rings (SSSR count). The van der Waals surface area contributed by atoms with Gasteiger partial charge in [-0.05, 0) is 49.4 Å². The topological polar surface area (TPSA) is 61.8 Å². The molecule has 2 aromatic carbocycles. The van der Waals surface area contributed by atoms with E-state index < -0.39 is 6.23 Å². The molecule has 1 amide bonds. The van der Waals surface area contributed by atoms with Gasteiger partial charge in [-0.2, -0.15) is 5.01 Å². The number of aliphatic hydroxyl groups is 1. The Morgan fingerprint density at radius 2 is 1.77 bits per heavy atom. The number of hydrogen-bond donors (Lipinski definition) is 2. The Hall–Kier alpha value is -2.37. The van der Waals surface area contributed by atoms with Crippen LogP contribution in [0.1, 0.15) is 73.8 Å². The van der Waals surface area contributed by atoms with Crippen molar-refractivity contribution in [1.29, 1.82) is 0 Å². The van der Waals surface area contributed by atoms with Crippen LogP contribution in [0.2, 0.25) is 0 Å². The third-order valence-corrected chi connectivity index (χ3v) is 5.27. The molecule has 0 spiro atoms. The summed E-state index contributed by atoms with van der Waals surface area (Å²) < 4.78 is 5.25. The number of rotatable bonds is 8. The van der Waals surface area contributed by atoms with Crippen molar-refractivity contribution in [2.75, 3.05) is 7.11 Å². The zero-order valence-electron chi connectivity index (χ0n) is 19.3. The molecular formula is C25H36N2O3. The van der Waals surface area contributed by atoms with Crippen molar-refractivity contribution < 1.29 is 14.6 Å². The number of benzene rings is 2. The van der Waals surface area contributed by atoms with Crippen molar-refractivity contribution >= 4 is 5.91 Å². The summed E-state index contributed by atoms with van der Waals surface area (Å²) in [7, 11) is 1.57. The quantitative estimate of drug-likeness (QED) is 0.464. The number of aliphatic hydroxyl groups excluding tert-OH is 1. The van der Waals surface area contributed by atoms with Crippen molar-refractivity contribution in [3.63, 3.8) is 0 Å². The van der Waals surface area contributed by atoms with E-state index in [1.807, 2.05) is 26.0 Å². The van der Waals surface area contributed by atoms with E-state index in [0.29, 0.717) is 11.3 Å². The van der Waals surface area contributed by atoms with E-state index in [1.54, 1.807) is 36.4 Å². The maximum Gasteiger partial charge on any atom is 0.265 e. The number of carbonyl (C=O) groups is 1. The van der Waals surface area contributed by atoms with Crippen LogP contribution < -0.4 is 10.2 Å². The average Bonchev–Trinajstić information content (AvgIpc) is 2.68. The minimum atomic E-state index is -0.964. The molecule has 0 aromatic heterocycles. The summed E-state index contributed by atoms with van der Waals surface area (Å²) in [5, 5.41) is 13.1. The van der Waals surface area contributed by atoms with Crippen molar-refractivity contribution in [2.24, 2.45) is 5.41 Å². The van der Waals surface area contributed by atoms with Gasteiger partial charge >= 0.3 is 0 Å². The van der Waals surface area contributed by atoms with Crippen molar-refractivity contribution in [1.82, 2.24) is 10.4 Å². The van der Waals surface area contributed by atoms with Crippen LogP contribution in [0.15, 0.2) is 42.5 Å². The number of amides is 1. The van der Waals surface area contributed by atoms with Crippen molar-refractivity contribution in [3.8, 4) is 5.75 Å². The SMILES string of the molecule is CCC[C@@H](N(NC(=O)c1cccc(OC)c1)C(O)c1cc(C)cc(C)c1)C(C)(C)C. The molecule has 0 heterocycles. The molecule has 2 aromatic rings. The first-order valence-corrected chi connectivity index (χ1v) is 10.6. The number of nitrogens with zero attached hydrogens (tertiary/aromatic N) is 1. The van der Waals surface area contributed by atoms with Crippen LogP contribution in [0.4, 0.5) is 0 Å². The Labute approximate surface area is 181 Å². The van der Waals surface area contributed by atoms with Gasteiger partial charge in [0, 0.05) is 11.6 Å². The van der Waals surface area contributed by atoms with E-state index in [9.17, 15) is 9.90 Å². The molecule has 5 nitrogen and oxygen atoms in total. The van der Waals surface area contributed by atoms with Gasteiger partial charge < -0.3 is 9.84 Å². The molecule has 1 unspecified atom stereocenters. The van der Waals surface area contributed by atoms with Gasteiger partial charge in [-0.1, -0.05) is 69.5 Å². The summed E-state index contributed by atoms with van der Waals surface area (Å²) >= 11 is 0. The fourth-order valence-corrected chi connectivity index (χ4v) is 3.84. The molecule has 0 fully saturated rings. The second-order valence-electron chi connectivity index (χ2n) is 9.05. The van der Waals surface area contributed by atoms with Crippen LogP contribution in [0.3, 0.4) is 0 Å². The highest BCUT2D eigenvalue weighted by molar-refractivity contribution is 5.94. The number of nitrogens with one attached hydrogen (secondary N) is 1. The van der Waals surface area contributed by atoms with Gasteiger partial charge in [0.25, 0.3) is 5.91 Å². The lowest BCUT2D eigenvalue weighted by Gasteiger charge is -2.42. The number of aryl methyl sites for hydroxylation is 2. The summed E-state index contributed by atoms with van der Waals surface area (Å²) in [6, 6.07) is 13.0. The summed E-state index contributed by atoms with van der Waals surface area (Å²) in [4.78, 5) is 13.1. The first kappa shape index (κ1) is 23.9. The summed E-state index contributed by atoms with van der Waals surface area (Å²) in [6.45, 7) is 12.5. The summed E-state index contributed by atoms with van der Waals surface area (Å²) in [5.41, 5.74) is 6.25. The number of ether oxygens (including phenoxy) is 1. The predicted molar refractivity (Wildman–Crippen MR) is 121 cm³/mol. The van der Waals surface area contributed by atoms with Crippen LogP contribution in [0, 0.1) is 19.3 Å². The highest BCUT2D eigenvalue weighted by Gasteiger charge is 2.35. The maximum atomic E-state index is 13.1. The normalized spacial score (nSPS) is 13.8. The van der Waals surface area contributed by atoms with Crippen molar-refractivity contribution in [3.05, 3.63) is 64.7 Å². The predicted octanol–water partition coefficient (Wildman–Crippen LogP) is 5.16. The van der Waals surface area contributed by atoms with Crippen molar-refractivity contribution in [2.45, 2.75) is 66.7 Å². The van der Waals surface area contributed by atoms with E-state index >= 15 is 0 Å². The monoisotopic (exact) mass is 412 g/mol. The maximum absolute atomic E-state index is 13.1. The van der Waals surface area contributed by atoms with Gasteiger partial charge in [-0.25, -0.2) is 0 Å². The minimum absolute atomic E-state index is 0.0622. The lowest BCUT2D eigenvalue weighted by molar-refractivity contribution is -0.0869. The van der Waals surface area contributed by atoms with Crippen LogP contribution in [-0.2, 0) is 0 Å². The van der Waals surface area contributed by atoms with Gasteiger partial charge in [-0.15, -0.1) is 0 Å². The molecule has 2 N–H and O–H groups in total. The average molecular weight is 413 g/mol. The lowest BCUT2D eigenvalue weighted by Crippen LogP contribution is -2.55. The molecule has 2 atom stereocenters. The standard InChI is InChI=1S/C25H36N2O3/c1-8-10-22(25(4,5)6)27(24(29)20-14-17(2)13-18(3)15-20)26-23(28)19-11-9-12-21(16-19)30-7/h9,11-16,22,24,29H,8,10H2,1-7H3,(H,26,28)/t22-,24?/m1/s1. The third kappa shape index (κ3) is 6.07. The number of hydrogen-bond acceptors (Lipinski definition) is 4. The Bertz CT molecular complexity index is 837. The van der Waals surface area contributed by atoms with Gasteiger partial charge in [0.2, 0.25) is 0 Å². The first-order valence-electron chi connectivity index (χ1n) is 10.6. The molecule has 0 radical (unpaired) electrons. The lowest BCUT2D eigenvalue weighted by atomic mass is 9.83. The molecule has 0 saturated carbocycles. The van der Waals surface area contributed by atoms with E-state index in [-0.39, 0.29) is 17.4 Å². The minimum Gasteiger partial charge on any atom is -0.497 e. The molecule has 0 saturated heterocycles. The smallest absolute Gasteiger partial charge is 0.265 e. The molecule has 164 valence electrons. The number of carbonyl (C=O) groups excluding carboxylic acids is 1. The van der Waals surface area contributed by atoms with Crippen LogP contribution >= 0.6 is 0 Å². The molecule has 0 aliphatic carbocycles. The molecule has 30 heavy (non-hydrogen) atoms. The zero-order chi connectivity index (χ0) is 22.5. The fourth-order valence-electron chi connectivity index (χ4n) is 3.84. The van der Waals surface area contributed by atoms with E-state index in [2.05, 4.69) is 39.2 Å². The van der Waals surface area contributed by atoms with Gasteiger partial charge in [0.1, 0.15) is 12.0 Å². The molecule has 5 heteroatoms. The largest absolute Gasteiger partial charge is 0.497 e. The fraction of sp³-hybridized carbons (Fsp3) is 0.480. The zero-order valence-corrected chi connectivity index (χ0v) is 19.3. The van der Waals surface area contributed by atoms with Gasteiger partial charge in [0.15, 0.2) is 0 Å². The Morgan fingerprint density at radius 1 is 1.13 bits per heavy atom. The highest BCUT2D eigenvalue weighted by Crippen LogP contribution is 2.32. The second-order valence-corrected chi connectivity index (χ2v) is 9.05. The Kier molecular flexibility index (Phi) is 8.04. The molecule has 0 bridgehead atoms. The van der Waals surface area contributed by atoms with E-state index in [0.717, 1.165) is 29.5 Å². The van der Waals surface area contributed by atoms with Gasteiger partial charge in [0.05, 0.1) is 7.11 Å². The van der Waals surface area contributed by atoms with E-state index in [1.165, 1.54) is 0 Å². The molecular weight excluding hydrogens is 376 g/mol. The summed E-state index contributed by atoms with van der Waals surface area (Å²) in [6.07, 6.45) is 0.811. The van der Waals surface area contributed by atoms with Gasteiger partial charge in [-0.3, -0.25) is 10.2 Å². The third-order valence-electron chi connectivity index (χ3n) is 5.27.